The first-order valence-electron chi connectivity index (χ1n) is 18.1. The monoisotopic (exact) mass is 665 g/mol. The van der Waals surface area contributed by atoms with Gasteiger partial charge >= 0.3 is 0 Å². The number of carbonyl (C=O) groups is 2. The highest BCUT2D eigenvalue weighted by molar-refractivity contribution is 5.97. The van der Waals surface area contributed by atoms with Crippen molar-refractivity contribution in [2.75, 3.05) is 31.6 Å². The fraction of sp³-hybridized carbons (Fsp3) is 0.487. The van der Waals surface area contributed by atoms with Crippen molar-refractivity contribution < 1.29 is 14.3 Å². The van der Waals surface area contributed by atoms with Gasteiger partial charge in [-0.1, -0.05) is 43.7 Å². The highest BCUT2D eigenvalue weighted by atomic mass is 16.5. The number of anilines is 1. The lowest BCUT2D eigenvalue weighted by Crippen LogP contribution is -2.32. The van der Waals surface area contributed by atoms with Gasteiger partial charge in [-0.3, -0.25) is 14.5 Å². The number of rotatable bonds is 13. The summed E-state index contributed by atoms with van der Waals surface area (Å²) in [7, 11) is 0. The van der Waals surface area contributed by atoms with Gasteiger partial charge in [-0.25, -0.2) is 9.67 Å². The van der Waals surface area contributed by atoms with Gasteiger partial charge in [0.2, 0.25) is 11.8 Å². The van der Waals surface area contributed by atoms with Crippen molar-refractivity contribution in [1.29, 1.82) is 0 Å². The SMILES string of the molecule is CCc1nc2c(cnn2CC)c(NC2CCOCC2)c1CNC(=O)CC(=O)NCc1ccc(C)c(-c2cccc(CN3CCCCC3)c2)c1. The molecule has 10 heteroatoms. The van der Waals surface area contributed by atoms with E-state index < -0.39 is 0 Å². The van der Waals surface area contributed by atoms with Crippen molar-refractivity contribution in [3.63, 3.8) is 0 Å². The second-order valence-electron chi connectivity index (χ2n) is 13.4. The molecule has 6 rings (SSSR count). The zero-order valence-electron chi connectivity index (χ0n) is 29.3. The van der Waals surface area contributed by atoms with Gasteiger partial charge in [-0.05, 0) is 99.0 Å². The molecule has 2 aliphatic rings. The summed E-state index contributed by atoms with van der Waals surface area (Å²) >= 11 is 0. The van der Waals surface area contributed by atoms with Crippen LogP contribution >= 0.6 is 0 Å². The lowest BCUT2D eigenvalue weighted by Gasteiger charge is -2.26. The molecule has 4 aromatic rings. The van der Waals surface area contributed by atoms with Gasteiger partial charge in [0.15, 0.2) is 5.65 Å². The summed E-state index contributed by atoms with van der Waals surface area (Å²) in [5.41, 5.74) is 9.53. The Hall–Kier alpha value is -4.28. The summed E-state index contributed by atoms with van der Waals surface area (Å²) in [5, 5.41) is 15.2. The van der Waals surface area contributed by atoms with Crippen molar-refractivity contribution in [1.82, 2.24) is 30.3 Å². The van der Waals surface area contributed by atoms with Crippen LogP contribution in [0.5, 0.6) is 0 Å². The van der Waals surface area contributed by atoms with Crippen molar-refractivity contribution in [2.45, 2.75) is 97.9 Å². The largest absolute Gasteiger partial charge is 0.381 e. The molecule has 0 unspecified atom stereocenters. The first-order valence-corrected chi connectivity index (χ1v) is 18.1. The molecule has 0 aliphatic carbocycles. The Bertz CT molecular complexity index is 1760. The number of aryl methyl sites for hydroxylation is 3. The number of amides is 2. The highest BCUT2D eigenvalue weighted by Crippen LogP contribution is 2.31. The van der Waals surface area contributed by atoms with Gasteiger partial charge in [-0.2, -0.15) is 5.10 Å². The van der Waals surface area contributed by atoms with E-state index in [1.165, 1.54) is 49.0 Å². The number of pyridine rings is 1. The Morgan fingerprint density at radius 2 is 1.71 bits per heavy atom. The molecule has 0 bridgehead atoms. The normalized spacial score (nSPS) is 15.7. The number of fused-ring (bicyclic) bond motifs is 1. The van der Waals surface area contributed by atoms with Crippen molar-refractivity contribution in [3.05, 3.63) is 76.6 Å². The third-order valence-electron chi connectivity index (χ3n) is 9.84. The minimum Gasteiger partial charge on any atom is -0.381 e. The summed E-state index contributed by atoms with van der Waals surface area (Å²) in [6, 6.07) is 15.4. The van der Waals surface area contributed by atoms with Crippen LogP contribution in [0.25, 0.3) is 22.2 Å². The van der Waals surface area contributed by atoms with E-state index in [1.54, 1.807) is 0 Å². The topological polar surface area (TPSA) is 113 Å². The average molecular weight is 666 g/mol. The predicted molar refractivity (Wildman–Crippen MR) is 194 cm³/mol. The number of aromatic nitrogens is 3. The summed E-state index contributed by atoms with van der Waals surface area (Å²) in [6.45, 7) is 12.4. The molecule has 0 radical (unpaired) electrons. The molecule has 2 aromatic heterocycles. The van der Waals surface area contributed by atoms with Crippen molar-refractivity contribution in [3.8, 4) is 11.1 Å². The van der Waals surface area contributed by atoms with Crippen molar-refractivity contribution in [2.24, 2.45) is 0 Å². The fourth-order valence-electron chi connectivity index (χ4n) is 7.06. The first kappa shape index (κ1) is 34.6. The lowest BCUT2D eigenvalue weighted by atomic mass is 9.96. The Labute approximate surface area is 290 Å². The van der Waals surface area contributed by atoms with Gasteiger partial charge in [0.05, 0.1) is 17.3 Å². The standard InChI is InChI=1S/C39H51N7O3/c1-4-35-33(38(43-31-14-18-49-19-15-31)34-25-42-46(5-2)39(34)44-35)24-41-37(48)22-36(47)40-23-28-13-12-27(3)32(21-28)30-11-9-10-29(20-30)26-45-16-7-6-8-17-45/h9-13,20-21,25,31H,4-8,14-19,22-24,26H2,1-3H3,(H,40,47)(H,41,48)(H,43,44). The Morgan fingerprint density at radius 3 is 2.47 bits per heavy atom. The van der Waals surface area contributed by atoms with Gasteiger partial charge in [-0.15, -0.1) is 0 Å². The van der Waals surface area contributed by atoms with E-state index in [2.05, 4.69) is 83.1 Å². The molecular weight excluding hydrogens is 614 g/mol. The number of nitrogens with zero attached hydrogens (tertiary/aromatic N) is 4. The van der Waals surface area contributed by atoms with E-state index in [0.717, 1.165) is 78.2 Å². The van der Waals surface area contributed by atoms with Crippen molar-refractivity contribution >= 4 is 28.5 Å². The van der Waals surface area contributed by atoms with E-state index in [9.17, 15) is 9.59 Å². The molecule has 260 valence electrons. The van der Waals surface area contributed by atoms with Crippen LogP contribution in [0, 0.1) is 6.92 Å². The van der Waals surface area contributed by atoms with Crippen LogP contribution in [0.2, 0.25) is 0 Å². The number of benzene rings is 2. The number of ether oxygens (including phenoxy) is 1. The van der Waals surface area contributed by atoms with E-state index in [-0.39, 0.29) is 30.8 Å². The summed E-state index contributed by atoms with van der Waals surface area (Å²) in [4.78, 5) is 33.5. The van der Waals surface area contributed by atoms with Gasteiger partial charge in [0.25, 0.3) is 0 Å². The molecule has 3 N–H and O–H groups in total. The summed E-state index contributed by atoms with van der Waals surface area (Å²) < 4.78 is 7.48. The molecule has 0 saturated carbocycles. The number of carbonyl (C=O) groups excluding carboxylic acids is 2. The predicted octanol–water partition coefficient (Wildman–Crippen LogP) is 5.89. The molecular formula is C39H51N7O3. The molecule has 2 fully saturated rings. The quantitative estimate of drug-likeness (QED) is 0.153. The van der Waals surface area contributed by atoms with Gasteiger partial charge in [0, 0.05) is 56.7 Å². The maximum absolute atomic E-state index is 13.1. The molecule has 2 amide bonds. The van der Waals surface area contributed by atoms with Crippen LogP contribution in [-0.4, -0.2) is 63.8 Å². The second-order valence-corrected chi connectivity index (χ2v) is 13.4. The lowest BCUT2D eigenvalue weighted by molar-refractivity contribution is -0.129. The smallest absolute Gasteiger partial charge is 0.229 e. The fourth-order valence-corrected chi connectivity index (χ4v) is 7.06. The summed E-state index contributed by atoms with van der Waals surface area (Å²) in [6.07, 6.45) is 8.03. The number of piperidine rings is 1. The first-order chi connectivity index (χ1) is 23.9. The van der Waals surface area contributed by atoms with E-state index >= 15 is 0 Å². The van der Waals surface area contributed by atoms with Crippen LogP contribution in [-0.2, 0) is 46.9 Å². The van der Waals surface area contributed by atoms with Crippen LogP contribution in [0.3, 0.4) is 0 Å². The zero-order valence-corrected chi connectivity index (χ0v) is 29.3. The van der Waals surface area contributed by atoms with E-state index in [0.29, 0.717) is 13.0 Å². The third-order valence-corrected chi connectivity index (χ3v) is 9.84. The Kier molecular flexibility index (Phi) is 11.6. The highest BCUT2D eigenvalue weighted by Gasteiger charge is 2.22. The third kappa shape index (κ3) is 8.66. The zero-order chi connectivity index (χ0) is 34.2. The Morgan fingerprint density at radius 1 is 0.939 bits per heavy atom. The van der Waals surface area contributed by atoms with Crippen LogP contribution in [0.15, 0.2) is 48.7 Å². The average Bonchev–Trinajstić information content (AvgIpc) is 3.54. The Balaban J connectivity index is 1.08. The maximum atomic E-state index is 13.1. The molecule has 0 atom stereocenters. The number of hydrogen-bond donors (Lipinski definition) is 3. The van der Waals surface area contributed by atoms with Gasteiger partial charge in [0.1, 0.15) is 6.42 Å². The number of nitrogens with one attached hydrogen (secondary N) is 3. The molecule has 0 spiro atoms. The van der Waals surface area contributed by atoms with Gasteiger partial charge < -0.3 is 20.7 Å². The summed E-state index contributed by atoms with van der Waals surface area (Å²) in [5.74, 6) is -0.631. The van der Waals surface area contributed by atoms with E-state index in [4.69, 9.17) is 9.72 Å². The molecule has 49 heavy (non-hydrogen) atoms. The van der Waals surface area contributed by atoms with Crippen LogP contribution < -0.4 is 16.0 Å². The van der Waals surface area contributed by atoms with Crippen LogP contribution in [0.1, 0.15) is 80.3 Å². The number of hydrogen-bond acceptors (Lipinski definition) is 7. The molecule has 2 saturated heterocycles. The molecule has 2 aliphatic heterocycles. The minimum absolute atomic E-state index is 0.245. The molecule has 4 heterocycles. The minimum atomic E-state index is -0.323. The number of likely N-dealkylation sites (tertiary alicyclic amines) is 1. The maximum Gasteiger partial charge on any atom is 0.229 e. The second kappa shape index (κ2) is 16.4. The van der Waals surface area contributed by atoms with E-state index in [1.807, 2.05) is 16.9 Å². The van der Waals surface area contributed by atoms with Crippen LogP contribution in [0.4, 0.5) is 5.69 Å². The molecule has 2 aromatic carbocycles. The molecule has 10 nitrogen and oxygen atoms in total.